The Morgan fingerprint density at radius 2 is 1.64 bits per heavy atom. The second kappa shape index (κ2) is 7.40. The quantitative estimate of drug-likeness (QED) is 0.528. The number of aromatic nitrogens is 2. The number of carbonyl (C=O) groups excluding carboxylic acids is 1. The first-order valence-electron chi connectivity index (χ1n) is 8.64. The number of aryl methyl sites for hydroxylation is 2. The van der Waals surface area contributed by atoms with Gasteiger partial charge in [0.2, 0.25) is 0 Å². The van der Waals surface area contributed by atoms with Crippen LogP contribution >= 0.6 is 0 Å². The van der Waals surface area contributed by atoms with Gasteiger partial charge >= 0.3 is 6.01 Å². The van der Waals surface area contributed by atoms with Crippen molar-refractivity contribution in [3.8, 4) is 23.0 Å². The van der Waals surface area contributed by atoms with Crippen LogP contribution in [0, 0.1) is 13.8 Å². The van der Waals surface area contributed by atoms with Gasteiger partial charge in [-0.1, -0.05) is 23.3 Å². The van der Waals surface area contributed by atoms with Gasteiger partial charge in [0.1, 0.15) is 23.0 Å². The fraction of sp³-hybridized carbons (Fsp3) is 0.0952. The summed E-state index contributed by atoms with van der Waals surface area (Å²) in [6.45, 7) is 3.64. The largest absolute Gasteiger partial charge is 0.466 e. The summed E-state index contributed by atoms with van der Waals surface area (Å²) in [7, 11) is 0. The summed E-state index contributed by atoms with van der Waals surface area (Å²) in [5.74, 6) is 2.71. The molecule has 0 saturated carbocycles. The summed E-state index contributed by atoms with van der Waals surface area (Å²) >= 11 is 0. The van der Waals surface area contributed by atoms with E-state index in [2.05, 4.69) is 15.5 Å². The van der Waals surface area contributed by atoms with Gasteiger partial charge in [0.15, 0.2) is 0 Å². The highest BCUT2D eigenvalue weighted by molar-refractivity contribution is 6.03. The number of hydrogen-bond donors (Lipinski definition) is 1. The Bertz CT molecular complexity index is 1100. The molecule has 1 N–H and O–H groups in total. The number of nitrogens with one attached hydrogen (secondary N) is 1. The van der Waals surface area contributed by atoms with Crippen LogP contribution in [0.3, 0.4) is 0 Å². The molecular formula is C21H17N3O4. The number of nitrogens with zero attached hydrogens (tertiary/aromatic N) is 2. The molecule has 0 unspecified atom stereocenters. The topological polar surface area (TPSA) is 90.4 Å². The highest BCUT2D eigenvalue weighted by atomic mass is 16.5. The van der Waals surface area contributed by atoms with Crippen molar-refractivity contribution in [1.29, 1.82) is 0 Å². The zero-order valence-corrected chi connectivity index (χ0v) is 15.3. The van der Waals surface area contributed by atoms with Crippen LogP contribution in [0.5, 0.6) is 11.5 Å². The smallest absolute Gasteiger partial charge is 0.322 e. The maximum atomic E-state index is 12.4. The molecule has 2 heterocycles. The van der Waals surface area contributed by atoms with Crippen LogP contribution < -0.4 is 10.1 Å². The van der Waals surface area contributed by atoms with Crippen LogP contribution in [-0.2, 0) is 0 Å². The standard InChI is InChI=1S/C21H17N3O4/c1-13-12-18(14(2)26-13)20-23-24-21(28-20)22-19(25)15-8-10-17(11-9-15)27-16-6-4-3-5-7-16/h3-12H,1-2H3,(H,22,24,25). The van der Waals surface area contributed by atoms with E-state index in [0.29, 0.717) is 22.6 Å². The molecule has 2 aromatic heterocycles. The minimum Gasteiger partial charge on any atom is -0.466 e. The number of para-hydroxylation sites is 1. The number of amides is 1. The molecule has 28 heavy (non-hydrogen) atoms. The third-order valence-electron chi connectivity index (χ3n) is 4.01. The van der Waals surface area contributed by atoms with E-state index in [1.807, 2.05) is 44.2 Å². The molecule has 7 nitrogen and oxygen atoms in total. The van der Waals surface area contributed by atoms with Crippen molar-refractivity contribution < 1.29 is 18.4 Å². The Hall–Kier alpha value is -3.87. The molecule has 0 fully saturated rings. The van der Waals surface area contributed by atoms with Gasteiger partial charge in [-0.3, -0.25) is 10.1 Å². The van der Waals surface area contributed by atoms with Gasteiger partial charge in [-0.05, 0) is 56.3 Å². The monoisotopic (exact) mass is 375 g/mol. The number of furan rings is 1. The van der Waals surface area contributed by atoms with Crippen LogP contribution in [0.25, 0.3) is 11.5 Å². The van der Waals surface area contributed by atoms with Gasteiger partial charge in [-0.15, -0.1) is 5.10 Å². The molecule has 0 bridgehead atoms. The normalized spacial score (nSPS) is 10.6. The lowest BCUT2D eigenvalue weighted by Crippen LogP contribution is -2.11. The zero-order valence-electron chi connectivity index (χ0n) is 15.3. The highest BCUT2D eigenvalue weighted by Crippen LogP contribution is 2.27. The predicted octanol–water partition coefficient (Wildman–Crippen LogP) is 4.99. The van der Waals surface area contributed by atoms with Gasteiger partial charge in [0, 0.05) is 5.56 Å². The van der Waals surface area contributed by atoms with E-state index >= 15 is 0 Å². The molecule has 0 radical (unpaired) electrons. The summed E-state index contributed by atoms with van der Waals surface area (Å²) in [5.41, 5.74) is 1.14. The van der Waals surface area contributed by atoms with E-state index in [-0.39, 0.29) is 17.8 Å². The maximum Gasteiger partial charge on any atom is 0.322 e. The maximum absolute atomic E-state index is 12.4. The molecule has 7 heteroatoms. The summed E-state index contributed by atoms with van der Waals surface area (Å²) in [5, 5.41) is 10.4. The predicted molar refractivity (Wildman–Crippen MR) is 102 cm³/mol. The molecule has 4 aromatic rings. The highest BCUT2D eigenvalue weighted by Gasteiger charge is 2.16. The van der Waals surface area contributed by atoms with E-state index in [4.69, 9.17) is 13.6 Å². The van der Waals surface area contributed by atoms with Gasteiger partial charge in [-0.2, -0.15) is 0 Å². The van der Waals surface area contributed by atoms with Crippen molar-refractivity contribution in [2.75, 3.05) is 5.32 Å². The summed E-state index contributed by atoms with van der Waals surface area (Å²) in [6.07, 6.45) is 0. The van der Waals surface area contributed by atoms with E-state index in [1.54, 1.807) is 30.3 Å². The lowest BCUT2D eigenvalue weighted by molar-refractivity contribution is 0.102. The fourth-order valence-electron chi connectivity index (χ4n) is 2.69. The van der Waals surface area contributed by atoms with Crippen molar-refractivity contribution >= 4 is 11.9 Å². The van der Waals surface area contributed by atoms with Gasteiger partial charge in [0.05, 0.1) is 5.56 Å². The summed E-state index contributed by atoms with van der Waals surface area (Å²) in [4.78, 5) is 12.4. The molecule has 0 spiro atoms. The molecule has 0 aliphatic heterocycles. The Kier molecular flexibility index (Phi) is 4.63. The molecule has 0 saturated heterocycles. The van der Waals surface area contributed by atoms with Crippen LogP contribution in [-0.4, -0.2) is 16.1 Å². The van der Waals surface area contributed by atoms with Crippen molar-refractivity contribution in [3.63, 3.8) is 0 Å². The van der Waals surface area contributed by atoms with E-state index in [0.717, 1.165) is 11.5 Å². The van der Waals surface area contributed by atoms with Gasteiger partial charge in [0.25, 0.3) is 11.8 Å². The van der Waals surface area contributed by atoms with Crippen LogP contribution in [0.4, 0.5) is 6.01 Å². The van der Waals surface area contributed by atoms with Crippen LogP contribution in [0.15, 0.2) is 69.5 Å². The molecule has 0 atom stereocenters. The molecular weight excluding hydrogens is 358 g/mol. The number of anilines is 1. The second-order valence-corrected chi connectivity index (χ2v) is 6.13. The van der Waals surface area contributed by atoms with Crippen molar-refractivity contribution in [2.24, 2.45) is 0 Å². The first-order chi connectivity index (χ1) is 13.6. The van der Waals surface area contributed by atoms with Crippen molar-refractivity contribution in [2.45, 2.75) is 13.8 Å². The fourth-order valence-corrected chi connectivity index (χ4v) is 2.69. The number of carbonyl (C=O) groups is 1. The van der Waals surface area contributed by atoms with E-state index in [1.165, 1.54) is 0 Å². The van der Waals surface area contributed by atoms with Gasteiger partial charge < -0.3 is 13.6 Å². The lowest BCUT2D eigenvalue weighted by atomic mass is 10.2. The third kappa shape index (κ3) is 3.78. The van der Waals surface area contributed by atoms with E-state index in [9.17, 15) is 4.79 Å². The van der Waals surface area contributed by atoms with Gasteiger partial charge in [-0.25, -0.2) is 0 Å². The summed E-state index contributed by atoms with van der Waals surface area (Å²) < 4.78 is 16.7. The first kappa shape index (κ1) is 17.5. The molecule has 4 rings (SSSR count). The average molecular weight is 375 g/mol. The molecule has 1 amide bonds. The van der Waals surface area contributed by atoms with Crippen LogP contribution in [0.2, 0.25) is 0 Å². The Labute approximate surface area is 161 Å². The number of rotatable bonds is 5. The summed E-state index contributed by atoms with van der Waals surface area (Å²) in [6, 6.07) is 18.0. The average Bonchev–Trinajstić information content (AvgIpc) is 3.28. The second-order valence-electron chi connectivity index (χ2n) is 6.13. The number of hydrogen-bond acceptors (Lipinski definition) is 6. The molecule has 0 aliphatic carbocycles. The van der Waals surface area contributed by atoms with Crippen molar-refractivity contribution in [1.82, 2.24) is 10.2 Å². The third-order valence-corrected chi connectivity index (χ3v) is 4.01. The van der Waals surface area contributed by atoms with E-state index < -0.39 is 0 Å². The first-order valence-corrected chi connectivity index (χ1v) is 8.64. The molecule has 0 aliphatic rings. The molecule has 140 valence electrons. The zero-order chi connectivity index (χ0) is 19.5. The SMILES string of the molecule is Cc1cc(-c2nnc(NC(=O)c3ccc(Oc4ccccc4)cc3)o2)c(C)o1. The number of benzene rings is 2. The van der Waals surface area contributed by atoms with Crippen molar-refractivity contribution in [3.05, 3.63) is 77.7 Å². The Morgan fingerprint density at radius 3 is 2.32 bits per heavy atom. The number of ether oxygens (including phenoxy) is 1. The Balaban J connectivity index is 1.43. The minimum atomic E-state index is -0.360. The van der Waals surface area contributed by atoms with Crippen LogP contribution in [0.1, 0.15) is 21.9 Å². The molecule has 2 aromatic carbocycles. The Morgan fingerprint density at radius 1 is 0.929 bits per heavy atom. The lowest BCUT2D eigenvalue weighted by Gasteiger charge is -2.06. The minimum absolute atomic E-state index is 0.0165.